The number of hydrogen-bond acceptors (Lipinski definition) is 3. The molecule has 0 saturated carbocycles. The van der Waals surface area contributed by atoms with E-state index in [4.69, 9.17) is 0 Å². The number of nitrogens with zero attached hydrogens (tertiary/aromatic N) is 2. The highest BCUT2D eigenvalue weighted by Gasteiger charge is 2.12. The van der Waals surface area contributed by atoms with Crippen molar-refractivity contribution in [1.82, 2.24) is 9.97 Å². The van der Waals surface area contributed by atoms with Gasteiger partial charge in [0, 0.05) is 19.2 Å². The molecule has 2 aromatic rings. The maximum Gasteiger partial charge on any atom is 0.258 e. The second-order valence-corrected chi connectivity index (χ2v) is 4.14. The first-order valence-corrected chi connectivity index (χ1v) is 6.02. The molecule has 96 valence electrons. The molecule has 2 rings (SSSR count). The molecule has 1 N–H and O–H groups in total. The minimum atomic E-state index is -0.344. The molecule has 0 aliphatic heterocycles. The molecular weight excluding hydrogens is 233 g/mol. The molecular formula is C13H16FN3O. The van der Waals surface area contributed by atoms with Crippen LogP contribution < -0.4 is 10.5 Å². The molecule has 5 heteroatoms. The lowest BCUT2D eigenvalue weighted by Crippen LogP contribution is -2.23. The van der Waals surface area contributed by atoms with Crippen LogP contribution in [0.25, 0.3) is 10.9 Å². The number of benzene rings is 1. The summed E-state index contributed by atoms with van der Waals surface area (Å²) in [7, 11) is 0. The number of H-pyrrole nitrogens is 1. The van der Waals surface area contributed by atoms with Crippen LogP contribution in [0.3, 0.4) is 0 Å². The van der Waals surface area contributed by atoms with E-state index in [0.29, 0.717) is 35.5 Å². The Kier molecular flexibility index (Phi) is 3.32. The van der Waals surface area contributed by atoms with Crippen molar-refractivity contribution in [3.8, 4) is 0 Å². The maximum atomic E-state index is 14.0. The van der Waals surface area contributed by atoms with Gasteiger partial charge in [0.1, 0.15) is 11.6 Å². The quantitative estimate of drug-likeness (QED) is 0.907. The van der Waals surface area contributed by atoms with Gasteiger partial charge < -0.3 is 9.88 Å². The van der Waals surface area contributed by atoms with Crippen LogP contribution in [0.4, 0.5) is 10.1 Å². The fraction of sp³-hybridized carbons (Fsp3) is 0.385. The summed E-state index contributed by atoms with van der Waals surface area (Å²) in [6.45, 7) is 6.96. The first kappa shape index (κ1) is 12.5. The minimum absolute atomic E-state index is 0.231. The van der Waals surface area contributed by atoms with Gasteiger partial charge in [0.25, 0.3) is 5.56 Å². The zero-order valence-electron chi connectivity index (χ0n) is 10.7. The summed E-state index contributed by atoms with van der Waals surface area (Å²) in [6, 6.07) is 2.90. The van der Waals surface area contributed by atoms with Crippen LogP contribution in [0.15, 0.2) is 16.9 Å². The molecule has 0 amide bonds. The normalized spacial score (nSPS) is 10.9. The van der Waals surface area contributed by atoms with E-state index in [1.54, 1.807) is 13.0 Å². The molecule has 0 aliphatic carbocycles. The Bertz CT molecular complexity index is 632. The van der Waals surface area contributed by atoms with Crippen molar-refractivity contribution in [3.05, 3.63) is 34.1 Å². The molecule has 0 spiro atoms. The van der Waals surface area contributed by atoms with Gasteiger partial charge in [0.15, 0.2) is 0 Å². The van der Waals surface area contributed by atoms with Crippen molar-refractivity contribution < 1.29 is 4.39 Å². The second-order valence-electron chi connectivity index (χ2n) is 4.14. The summed E-state index contributed by atoms with van der Waals surface area (Å²) in [6.07, 6.45) is 0. The van der Waals surface area contributed by atoms with Crippen molar-refractivity contribution in [3.63, 3.8) is 0 Å². The Balaban J connectivity index is 2.72. The highest BCUT2D eigenvalue weighted by atomic mass is 19.1. The molecule has 1 aromatic carbocycles. The third-order valence-electron chi connectivity index (χ3n) is 3.00. The number of aromatic nitrogens is 2. The summed E-state index contributed by atoms with van der Waals surface area (Å²) in [5.41, 5.74) is 0.610. The molecule has 1 aromatic heterocycles. The Morgan fingerprint density at radius 3 is 2.61 bits per heavy atom. The molecule has 0 aliphatic rings. The van der Waals surface area contributed by atoms with Crippen LogP contribution in [-0.2, 0) is 0 Å². The van der Waals surface area contributed by atoms with Gasteiger partial charge >= 0.3 is 0 Å². The molecule has 1 heterocycles. The number of aryl methyl sites for hydroxylation is 1. The van der Waals surface area contributed by atoms with E-state index in [1.165, 1.54) is 6.07 Å². The van der Waals surface area contributed by atoms with Gasteiger partial charge in [-0.3, -0.25) is 4.79 Å². The van der Waals surface area contributed by atoms with Gasteiger partial charge in [-0.05, 0) is 26.8 Å². The van der Waals surface area contributed by atoms with Gasteiger partial charge in [-0.15, -0.1) is 0 Å². The number of aromatic amines is 1. The van der Waals surface area contributed by atoms with Crippen molar-refractivity contribution >= 4 is 16.6 Å². The molecule has 0 saturated heterocycles. The number of fused-ring (bicyclic) bond motifs is 1. The fourth-order valence-corrected chi connectivity index (χ4v) is 2.07. The first-order chi connectivity index (χ1) is 8.56. The minimum Gasteiger partial charge on any atom is -0.370 e. The topological polar surface area (TPSA) is 49.0 Å². The molecule has 4 nitrogen and oxygen atoms in total. The van der Waals surface area contributed by atoms with E-state index in [-0.39, 0.29) is 11.4 Å². The zero-order valence-corrected chi connectivity index (χ0v) is 10.7. The predicted molar refractivity (Wildman–Crippen MR) is 70.6 cm³/mol. The van der Waals surface area contributed by atoms with E-state index in [2.05, 4.69) is 9.97 Å². The Hall–Kier alpha value is -1.91. The molecule has 0 atom stereocenters. The highest BCUT2D eigenvalue weighted by Crippen LogP contribution is 2.23. The Morgan fingerprint density at radius 2 is 2.00 bits per heavy atom. The van der Waals surface area contributed by atoms with Gasteiger partial charge in [-0.2, -0.15) is 0 Å². The third kappa shape index (κ3) is 2.08. The lowest BCUT2D eigenvalue weighted by Gasteiger charge is -2.21. The van der Waals surface area contributed by atoms with Gasteiger partial charge in [-0.25, -0.2) is 9.37 Å². The van der Waals surface area contributed by atoms with E-state index in [0.717, 1.165) is 0 Å². The zero-order chi connectivity index (χ0) is 13.3. The van der Waals surface area contributed by atoms with Crippen molar-refractivity contribution in [2.75, 3.05) is 18.0 Å². The summed E-state index contributed by atoms with van der Waals surface area (Å²) in [5, 5.41) is 0.420. The Morgan fingerprint density at radius 1 is 1.33 bits per heavy atom. The monoisotopic (exact) mass is 249 g/mol. The van der Waals surface area contributed by atoms with Crippen LogP contribution in [-0.4, -0.2) is 23.1 Å². The SMILES string of the molecule is CCN(CC)c1cc2c(=O)[nH]c(C)nc2cc1F. The lowest BCUT2D eigenvalue weighted by atomic mass is 10.2. The number of hydrogen-bond donors (Lipinski definition) is 1. The average molecular weight is 249 g/mol. The highest BCUT2D eigenvalue weighted by molar-refractivity contribution is 5.82. The lowest BCUT2D eigenvalue weighted by molar-refractivity contribution is 0.621. The molecule has 0 unspecified atom stereocenters. The first-order valence-electron chi connectivity index (χ1n) is 6.02. The third-order valence-corrected chi connectivity index (χ3v) is 3.00. The van der Waals surface area contributed by atoms with Crippen LogP contribution in [0.2, 0.25) is 0 Å². The molecule has 0 fully saturated rings. The number of rotatable bonds is 3. The molecule has 18 heavy (non-hydrogen) atoms. The van der Waals surface area contributed by atoms with Crippen molar-refractivity contribution in [1.29, 1.82) is 0 Å². The maximum absolute atomic E-state index is 14.0. The van der Waals surface area contributed by atoms with E-state index in [9.17, 15) is 9.18 Å². The van der Waals surface area contributed by atoms with Crippen LogP contribution >= 0.6 is 0 Å². The van der Waals surface area contributed by atoms with E-state index in [1.807, 2.05) is 18.7 Å². The molecule has 0 bridgehead atoms. The standard InChI is InChI=1S/C13H16FN3O/c1-4-17(5-2)12-6-9-11(7-10(12)14)15-8(3)16-13(9)18/h6-7H,4-5H2,1-3H3,(H,15,16,18). The number of halogens is 1. The second kappa shape index (κ2) is 4.76. The number of anilines is 1. The summed E-state index contributed by atoms with van der Waals surface area (Å²) < 4.78 is 14.0. The smallest absolute Gasteiger partial charge is 0.258 e. The largest absolute Gasteiger partial charge is 0.370 e. The van der Waals surface area contributed by atoms with Crippen molar-refractivity contribution in [2.45, 2.75) is 20.8 Å². The van der Waals surface area contributed by atoms with Gasteiger partial charge in [0.05, 0.1) is 16.6 Å². The van der Waals surface area contributed by atoms with Crippen LogP contribution in [0.1, 0.15) is 19.7 Å². The van der Waals surface area contributed by atoms with Crippen LogP contribution in [0, 0.1) is 12.7 Å². The van der Waals surface area contributed by atoms with Gasteiger partial charge in [-0.1, -0.05) is 0 Å². The molecule has 0 radical (unpaired) electrons. The van der Waals surface area contributed by atoms with E-state index < -0.39 is 0 Å². The van der Waals surface area contributed by atoms with Crippen LogP contribution in [0.5, 0.6) is 0 Å². The predicted octanol–water partition coefficient (Wildman–Crippen LogP) is 2.22. The number of nitrogens with one attached hydrogen (secondary N) is 1. The Labute approximate surface area is 104 Å². The van der Waals surface area contributed by atoms with Gasteiger partial charge in [0.2, 0.25) is 0 Å². The van der Waals surface area contributed by atoms with Crippen molar-refractivity contribution in [2.24, 2.45) is 0 Å². The van der Waals surface area contributed by atoms with E-state index >= 15 is 0 Å². The average Bonchev–Trinajstić information content (AvgIpc) is 2.31. The summed E-state index contributed by atoms with van der Waals surface area (Å²) in [5.74, 6) is 0.145. The summed E-state index contributed by atoms with van der Waals surface area (Å²) in [4.78, 5) is 20.5. The fourth-order valence-electron chi connectivity index (χ4n) is 2.07. The summed E-state index contributed by atoms with van der Waals surface area (Å²) >= 11 is 0.